The van der Waals surface area contributed by atoms with E-state index in [2.05, 4.69) is 20.5 Å². The lowest BCUT2D eigenvalue weighted by Crippen LogP contribution is -2.41. The third-order valence-corrected chi connectivity index (χ3v) is 5.67. The van der Waals surface area contributed by atoms with E-state index in [1.54, 1.807) is 0 Å². The number of amides is 4. The summed E-state index contributed by atoms with van der Waals surface area (Å²) in [4.78, 5) is 55.3. The topological polar surface area (TPSA) is 112 Å². The zero-order valence-electron chi connectivity index (χ0n) is 13.5. The molecule has 2 aliphatic rings. The summed E-state index contributed by atoms with van der Waals surface area (Å²) in [6.45, 7) is 1.78. The Morgan fingerprint density at radius 2 is 2.08 bits per heavy atom. The van der Waals surface area contributed by atoms with Crippen molar-refractivity contribution >= 4 is 51.2 Å². The van der Waals surface area contributed by atoms with E-state index in [1.165, 1.54) is 11.3 Å². The number of hydrogen-bond donors (Lipinski definition) is 2. The van der Waals surface area contributed by atoms with Gasteiger partial charge in [0.15, 0.2) is 5.13 Å². The highest BCUT2D eigenvalue weighted by Crippen LogP contribution is 2.27. The molecule has 11 heteroatoms. The number of anilines is 1. The highest BCUT2D eigenvalue weighted by atomic mass is 32.2. The Bertz CT molecular complexity index is 719. The fourth-order valence-electron chi connectivity index (χ4n) is 2.49. The van der Waals surface area contributed by atoms with Crippen LogP contribution >= 0.6 is 23.1 Å². The van der Waals surface area contributed by atoms with Crippen LogP contribution in [0, 0.1) is 0 Å². The van der Waals surface area contributed by atoms with Gasteiger partial charge in [-0.25, -0.2) is 4.98 Å². The molecule has 134 valence electrons. The van der Waals surface area contributed by atoms with E-state index < -0.39 is 11.8 Å². The Kier molecular flexibility index (Phi) is 5.35. The number of imide groups is 1. The smallest absolute Gasteiger partial charge is 0.315 e. The molecule has 1 saturated heterocycles. The van der Waals surface area contributed by atoms with Gasteiger partial charge in [-0.2, -0.15) is 0 Å². The number of thioether (sulfide) groups is 1. The summed E-state index contributed by atoms with van der Waals surface area (Å²) in [5.41, 5.74) is 0.961. The first-order valence-electron chi connectivity index (χ1n) is 7.67. The van der Waals surface area contributed by atoms with Gasteiger partial charge in [0.2, 0.25) is 5.91 Å². The summed E-state index contributed by atoms with van der Waals surface area (Å²) in [5, 5.41) is 4.97. The SMILES string of the molecule is CN1CCc2nc(NC(=O)C(=O)NCCN3C(=O)CSC3=O)sc2C1. The van der Waals surface area contributed by atoms with Crippen LogP contribution in [0.15, 0.2) is 0 Å². The van der Waals surface area contributed by atoms with Gasteiger partial charge in [0.05, 0.1) is 11.4 Å². The van der Waals surface area contributed by atoms with Crippen LogP contribution in [-0.4, -0.2) is 70.2 Å². The molecule has 0 radical (unpaired) electrons. The molecule has 25 heavy (non-hydrogen) atoms. The van der Waals surface area contributed by atoms with Gasteiger partial charge in [-0.05, 0) is 7.05 Å². The van der Waals surface area contributed by atoms with Gasteiger partial charge in [-0.15, -0.1) is 11.3 Å². The first kappa shape index (κ1) is 17.8. The van der Waals surface area contributed by atoms with E-state index in [9.17, 15) is 19.2 Å². The first-order valence-corrected chi connectivity index (χ1v) is 9.47. The fourth-order valence-corrected chi connectivity index (χ4v) is 4.32. The van der Waals surface area contributed by atoms with Gasteiger partial charge in [0.25, 0.3) is 5.24 Å². The van der Waals surface area contributed by atoms with E-state index in [0.29, 0.717) is 5.13 Å². The second-order valence-electron chi connectivity index (χ2n) is 5.69. The summed E-state index contributed by atoms with van der Waals surface area (Å²) in [6.07, 6.45) is 0.820. The number of thiazole rings is 1. The lowest BCUT2D eigenvalue weighted by atomic mass is 10.2. The standard InChI is InChI=1S/C14H17N5O4S2/c1-18-4-2-8-9(6-18)25-13(16-8)17-12(22)11(21)15-3-5-19-10(20)7-24-14(19)23/h2-7H2,1H3,(H,15,21)(H,16,17,22). The summed E-state index contributed by atoms with van der Waals surface area (Å²) >= 11 is 2.29. The van der Waals surface area contributed by atoms with Gasteiger partial charge >= 0.3 is 11.8 Å². The summed E-state index contributed by atoms with van der Waals surface area (Å²) < 4.78 is 0. The Balaban J connectivity index is 1.47. The molecule has 1 fully saturated rings. The number of fused-ring (bicyclic) bond motifs is 1. The minimum atomic E-state index is -0.822. The van der Waals surface area contributed by atoms with Crippen LogP contribution in [0.3, 0.4) is 0 Å². The van der Waals surface area contributed by atoms with Crippen molar-refractivity contribution in [2.45, 2.75) is 13.0 Å². The van der Waals surface area contributed by atoms with Crippen molar-refractivity contribution < 1.29 is 19.2 Å². The van der Waals surface area contributed by atoms with Gasteiger partial charge in [0.1, 0.15) is 0 Å². The molecule has 9 nitrogen and oxygen atoms in total. The van der Waals surface area contributed by atoms with Crippen molar-refractivity contribution in [1.82, 2.24) is 20.1 Å². The molecule has 0 spiro atoms. The van der Waals surface area contributed by atoms with Crippen molar-refractivity contribution in [1.29, 1.82) is 0 Å². The molecule has 4 amide bonds. The van der Waals surface area contributed by atoms with Crippen molar-refractivity contribution in [3.8, 4) is 0 Å². The third-order valence-electron chi connectivity index (χ3n) is 3.81. The molecule has 0 aromatic carbocycles. The Hall–Kier alpha value is -1.98. The maximum absolute atomic E-state index is 11.9. The zero-order valence-corrected chi connectivity index (χ0v) is 15.2. The summed E-state index contributed by atoms with van der Waals surface area (Å²) in [5.74, 6) is -1.80. The quantitative estimate of drug-likeness (QED) is 0.697. The Morgan fingerprint density at radius 3 is 2.80 bits per heavy atom. The molecule has 2 N–H and O–H groups in total. The zero-order chi connectivity index (χ0) is 18.0. The molecule has 0 atom stereocenters. The van der Waals surface area contributed by atoms with Crippen LogP contribution in [-0.2, 0) is 27.3 Å². The number of hydrogen-bond acceptors (Lipinski definition) is 8. The van der Waals surface area contributed by atoms with Crippen molar-refractivity contribution in [3.63, 3.8) is 0 Å². The Labute approximate surface area is 152 Å². The number of carbonyl (C=O) groups excluding carboxylic acids is 4. The molecule has 0 aliphatic carbocycles. The lowest BCUT2D eigenvalue weighted by molar-refractivity contribution is -0.136. The minimum absolute atomic E-state index is 0.0312. The number of nitrogens with zero attached hydrogens (tertiary/aromatic N) is 3. The van der Waals surface area contributed by atoms with Crippen molar-refractivity contribution in [3.05, 3.63) is 10.6 Å². The lowest BCUT2D eigenvalue weighted by Gasteiger charge is -2.20. The number of nitrogens with one attached hydrogen (secondary N) is 2. The molecule has 3 rings (SSSR count). The maximum Gasteiger partial charge on any atom is 0.315 e. The first-order chi connectivity index (χ1) is 11.9. The van der Waals surface area contributed by atoms with Crippen LogP contribution in [0.1, 0.15) is 10.6 Å². The highest BCUT2D eigenvalue weighted by Gasteiger charge is 2.29. The van der Waals surface area contributed by atoms with Crippen LogP contribution in [0.25, 0.3) is 0 Å². The fraction of sp³-hybridized carbons (Fsp3) is 0.500. The van der Waals surface area contributed by atoms with Crippen molar-refractivity contribution in [2.75, 3.05) is 37.8 Å². The number of rotatable bonds is 4. The predicted molar refractivity (Wildman–Crippen MR) is 93.4 cm³/mol. The molecule has 3 heterocycles. The molecule has 1 aromatic rings. The molecular weight excluding hydrogens is 366 g/mol. The van der Waals surface area contributed by atoms with Crippen LogP contribution in [0.5, 0.6) is 0 Å². The molecule has 1 aromatic heterocycles. The summed E-state index contributed by atoms with van der Waals surface area (Å²) in [7, 11) is 2.02. The highest BCUT2D eigenvalue weighted by molar-refractivity contribution is 8.14. The van der Waals surface area contributed by atoms with Gasteiger partial charge in [-0.1, -0.05) is 11.8 Å². The van der Waals surface area contributed by atoms with Crippen molar-refractivity contribution in [2.24, 2.45) is 0 Å². The van der Waals surface area contributed by atoms with E-state index in [-0.39, 0.29) is 30.0 Å². The van der Waals surface area contributed by atoms with Gasteiger partial charge in [-0.3, -0.25) is 29.4 Å². The second kappa shape index (κ2) is 7.50. The van der Waals surface area contributed by atoms with Gasteiger partial charge < -0.3 is 10.2 Å². The third kappa shape index (κ3) is 4.17. The van der Waals surface area contributed by atoms with Crippen LogP contribution in [0.2, 0.25) is 0 Å². The molecule has 0 saturated carbocycles. The normalized spacial score (nSPS) is 17.6. The molecule has 0 unspecified atom stereocenters. The number of carbonyl (C=O) groups is 4. The van der Waals surface area contributed by atoms with E-state index in [0.717, 1.165) is 46.7 Å². The minimum Gasteiger partial charge on any atom is -0.346 e. The maximum atomic E-state index is 11.9. The number of likely N-dealkylation sites (N-methyl/N-ethyl adjacent to an activating group) is 1. The second-order valence-corrected chi connectivity index (χ2v) is 7.70. The largest absolute Gasteiger partial charge is 0.346 e. The Morgan fingerprint density at radius 1 is 1.28 bits per heavy atom. The predicted octanol–water partition coefficient (Wildman–Crippen LogP) is -0.119. The van der Waals surface area contributed by atoms with Crippen LogP contribution < -0.4 is 10.6 Å². The van der Waals surface area contributed by atoms with Crippen LogP contribution in [0.4, 0.5) is 9.93 Å². The average Bonchev–Trinajstić information content (AvgIpc) is 3.10. The van der Waals surface area contributed by atoms with Gasteiger partial charge in [0, 0.05) is 37.5 Å². The summed E-state index contributed by atoms with van der Waals surface area (Å²) in [6, 6.07) is 0. The van der Waals surface area contributed by atoms with E-state index >= 15 is 0 Å². The molecular formula is C14H17N5O4S2. The van der Waals surface area contributed by atoms with E-state index in [1.807, 2.05) is 7.05 Å². The monoisotopic (exact) mass is 383 g/mol. The molecule has 0 bridgehead atoms. The van der Waals surface area contributed by atoms with E-state index in [4.69, 9.17) is 0 Å². The molecule has 2 aliphatic heterocycles. The number of aromatic nitrogens is 1. The average molecular weight is 383 g/mol.